The Hall–Kier alpha value is -3.07. The van der Waals surface area contributed by atoms with Crippen LogP contribution in [0.5, 0.6) is 5.75 Å². The number of carbonyl (C=O) groups excluding carboxylic acids is 2. The van der Waals surface area contributed by atoms with Gasteiger partial charge in [-0.25, -0.2) is 8.42 Å². The van der Waals surface area contributed by atoms with Gasteiger partial charge in [0.25, 0.3) is 15.9 Å². The summed E-state index contributed by atoms with van der Waals surface area (Å²) in [5, 5.41) is 2.64. The Morgan fingerprint density at radius 1 is 1.04 bits per heavy atom. The van der Waals surface area contributed by atoms with E-state index in [9.17, 15) is 18.0 Å². The van der Waals surface area contributed by atoms with E-state index in [1.807, 2.05) is 0 Å². The summed E-state index contributed by atoms with van der Waals surface area (Å²) < 4.78 is 37.2. The van der Waals surface area contributed by atoms with E-state index in [0.29, 0.717) is 17.9 Å². The van der Waals surface area contributed by atoms with Crippen LogP contribution in [0.25, 0.3) is 0 Å². The van der Waals surface area contributed by atoms with E-state index in [-0.39, 0.29) is 29.4 Å². The van der Waals surface area contributed by atoms with Gasteiger partial charge in [-0.1, -0.05) is 6.07 Å². The van der Waals surface area contributed by atoms with Gasteiger partial charge in [-0.15, -0.1) is 0 Å². The van der Waals surface area contributed by atoms with Crippen LogP contribution < -0.4 is 14.8 Å². The first-order valence-electron chi connectivity index (χ1n) is 8.47. The minimum absolute atomic E-state index is 0.0365. The highest BCUT2D eigenvalue weighted by Crippen LogP contribution is 2.20. The number of hydrogen-bond acceptors (Lipinski definition) is 6. The van der Waals surface area contributed by atoms with Crippen LogP contribution in [0.1, 0.15) is 23.2 Å². The molecule has 0 aromatic heterocycles. The number of carbonyl (C=O) groups is 2. The van der Waals surface area contributed by atoms with Crippen molar-refractivity contribution in [3.8, 4) is 5.75 Å². The average molecular weight is 406 g/mol. The Balaban J connectivity index is 2.03. The minimum atomic E-state index is -3.86. The maximum absolute atomic E-state index is 12.6. The number of anilines is 1. The summed E-state index contributed by atoms with van der Waals surface area (Å²) in [7, 11) is -1.04. The SMILES string of the molecule is COC(=O)CCCNC(=O)c1cccc(S(=O)(=O)Nc2ccc(OC)cc2)c1. The van der Waals surface area contributed by atoms with Gasteiger partial charge in [0.1, 0.15) is 5.75 Å². The van der Waals surface area contributed by atoms with Gasteiger partial charge in [0.2, 0.25) is 0 Å². The topological polar surface area (TPSA) is 111 Å². The third-order valence-corrected chi connectivity index (χ3v) is 5.20. The number of amides is 1. The lowest BCUT2D eigenvalue weighted by molar-refractivity contribution is -0.140. The summed E-state index contributed by atoms with van der Waals surface area (Å²) in [5.41, 5.74) is 0.578. The van der Waals surface area contributed by atoms with Crippen molar-refractivity contribution in [2.24, 2.45) is 0 Å². The Morgan fingerprint density at radius 3 is 2.39 bits per heavy atom. The molecule has 2 aromatic carbocycles. The Bertz CT molecular complexity index is 926. The first kappa shape index (κ1) is 21.2. The van der Waals surface area contributed by atoms with Crippen molar-refractivity contribution in [1.29, 1.82) is 0 Å². The molecule has 0 saturated carbocycles. The van der Waals surface area contributed by atoms with Gasteiger partial charge in [-0.2, -0.15) is 0 Å². The molecule has 2 rings (SSSR count). The summed E-state index contributed by atoms with van der Waals surface area (Å²) >= 11 is 0. The highest BCUT2D eigenvalue weighted by molar-refractivity contribution is 7.92. The molecule has 0 spiro atoms. The highest BCUT2D eigenvalue weighted by Gasteiger charge is 2.16. The number of nitrogens with one attached hydrogen (secondary N) is 2. The lowest BCUT2D eigenvalue weighted by Crippen LogP contribution is -2.25. The molecule has 0 aliphatic carbocycles. The van der Waals surface area contributed by atoms with Crippen molar-refractivity contribution < 1.29 is 27.5 Å². The second-order valence-electron chi connectivity index (χ2n) is 5.80. The molecule has 9 heteroatoms. The van der Waals surface area contributed by atoms with Crippen molar-refractivity contribution >= 4 is 27.6 Å². The molecule has 2 N–H and O–H groups in total. The van der Waals surface area contributed by atoms with Crippen LogP contribution in [0.3, 0.4) is 0 Å². The third kappa shape index (κ3) is 5.98. The molecular formula is C19H22N2O6S. The number of sulfonamides is 1. The van der Waals surface area contributed by atoms with Crippen LogP contribution >= 0.6 is 0 Å². The lowest BCUT2D eigenvalue weighted by atomic mass is 10.2. The van der Waals surface area contributed by atoms with Gasteiger partial charge < -0.3 is 14.8 Å². The fourth-order valence-corrected chi connectivity index (χ4v) is 3.42. The Kier molecular flexibility index (Phi) is 7.39. The lowest BCUT2D eigenvalue weighted by Gasteiger charge is -2.10. The van der Waals surface area contributed by atoms with Crippen molar-refractivity contribution in [3.05, 3.63) is 54.1 Å². The second kappa shape index (κ2) is 9.75. The van der Waals surface area contributed by atoms with E-state index < -0.39 is 15.9 Å². The molecule has 8 nitrogen and oxygen atoms in total. The van der Waals surface area contributed by atoms with Gasteiger partial charge in [0.15, 0.2) is 0 Å². The molecule has 0 saturated heterocycles. The zero-order chi connectivity index (χ0) is 20.6. The zero-order valence-electron chi connectivity index (χ0n) is 15.6. The number of methoxy groups -OCH3 is 2. The van der Waals surface area contributed by atoms with Crippen molar-refractivity contribution in [2.75, 3.05) is 25.5 Å². The van der Waals surface area contributed by atoms with Gasteiger partial charge in [0, 0.05) is 24.2 Å². The van der Waals surface area contributed by atoms with Gasteiger partial charge >= 0.3 is 5.97 Å². The van der Waals surface area contributed by atoms with Crippen molar-refractivity contribution in [2.45, 2.75) is 17.7 Å². The number of ether oxygens (including phenoxy) is 2. The number of esters is 1. The molecule has 2 aromatic rings. The Labute approximate surface area is 163 Å². The average Bonchev–Trinajstić information content (AvgIpc) is 2.71. The largest absolute Gasteiger partial charge is 0.497 e. The van der Waals surface area contributed by atoms with Gasteiger partial charge in [0.05, 0.1) is 19.1 Å². The monoisotopic (exact) mass is 406 g/mol. The van der Waals surface area contributed by atoms with E-state index in [0.717, 1.165) is 0 Å². The minimum Gasteiger partial charge on any atom is -0.497 e. The molecule has 28 heavy (non-hydrogen) atoms. The van der Waals surface area contributed by atoms with E-state index in [2.05, 4.69) is 14.8 Å². The maximum atomic E-state index is 12.6. The summed E-state index contributed by atoms with van der Waals surface area (Å²) in [4.78, 5) is 23.2. The molecule has 0 unspecified atom stereocenters. The van der Waals surface area contributed by atoms with Crippen LogP contribution in [0.4, 0.5) is 5.69 Å². The molecule has 0 bridgehead atoms. The van der Waals surface area contributed by atoms with E-state index in [1.54, 1.807) is 24.3 Å². The van der Waals surface area contributed by atoms with Crippen LogP contribution in [0, 0.1) is 0 Å². The van der Waals surface area contributed by atoms with E-state index >= 15 is 0 Å². The van der Waals surface area contributed by atoms with Crippen LogP contribution in [-0.2, 0) is 19.6 Å². The molecular weight excluding hydrogens is 384 g/mol. The van der Waals surface area contributed by atoms with Crippen LogP contribution in [0.2, 0.25) is 0 Å². The van der Waals surface area contributed by atoms with Gasteiger partial charge in [-0.05, 0) is 48.9 Å². The molecule has 0 fully saturated rings. The number of hydrogen-bond donors (Lipinski definition) is 2. The molecule has 0 radical (unpaired) electrons. The summed E-state index contributed by atoms with van der Waals surface area (Å²) in [6, 6.07) is 12.1. The second-order valence-corrected chi connectivity index (χ2v) is 7.48. The highest BCUT2D eigenvalue weighted by atomic mass is 32.2. The smallest absolute Gasteiger partial charge is 0.305 e. The van der Waals surface area contributed by atoms with E-state index in [4.69, 9.17) is 4.74 Å². The molecule has 1 amide bonds. The van der Waals surface area contributed by atoms with Gasteiger partial charge in [-0.3, -0.25) is 14.3 Å². The number of benzene rings is 2. The summed E-state index contributed by atoms with van der Waals surface area (Å²) in [5.74, 6) is -0.174. The first-order chi connectivity index (χ1) is 13.4. The standard InChI is InChI=1S/C19H22N2O6S/c1-26-16-10-8-15(9-11-16)21-28(24,25)17-6-3-5-14(13-17)19(23)20-12-4-7-18(22)27-2/h3,5-6,8-11,13,21H,4,7,12H2,1-2H3,(H,20,23). The fourth-order valence-electron chi connectivity index (χ4n) is 2.32. The molecule has 0 aliphatic heterocycles. The Morgan fingerprint density at radius 2 is 1.75 bits per heavy atom. The first-order valence-corrected chi connectivity index (χ1v) is 9.96. The zero-order valence-corrected chi connectivity index (χ0v) is 16.4. The molecule has 0 atom stereocenters. The molecule has 0 aliphatic rings. The normalized spacial score (nSPS) is 10.8. The van der Waals surface area contributed by atoms with E-state index in [1.165, 1.54) is 38.5 Å². The molecule has 0 heterocycles. The third-order valence-electron chi connectivity index (χ3n) is 3.82. The fraction of sp³-hybridized carbons (Fsp3) is 0.263. The quantitative estimate of drug-likeness (QED) is 0.488. The molecule has 150 valence electrons. The van der Waals surface area contributed by atoms with Crippen molar-refractivity contribution in [3.63, 3.8) is 0 Å². The maximum Gasteiger partial charge on any atom is 0.305 e. The summed E-state index contributed by atoms with van der Waals surface area (Å²) in [6.07, 6.45) is 0.617. The van der Waals surface area contributed by atoms with Crippen molar-refractivity contribution in [1.82, 2.24) is 5.32 Å². The predicted octanol–water partition coefficient (Wildman–Crippen LogP) is 2.18. The van der Waals surface area contributed by atoms with Crippen LogP contribution in [-0.4, -0.2) is 41.1 Å². The van der Waals surface area contributed by atoms with Crippen LogP contribution in [0.15, 0.2) is 53.4 Å². The summed E-state index contributed by atoms with van der Waals surface area (Å²) in [6.45, 7) is 0.273. The number of rotatable bonds is 9. The predicted molar refractivity (Wildman–Crippen MR) is 104 cm³/mol.